The maximum Gasteiger partial charge on any atom is 0.338 e. The number of hydrogen-bond donors (Lipinski definition) is 0. The SMILES string of the molecule is CCC1(COC(=O)c2ccc(C(C)(C)c3ccc(OCC4(CC)COC4)cc3)cc2)COC1. The molecule has 0 saturated carbocycles. The molecule has 5 nitrogen and oxygen atoms in total. The van der Waals surface area contributed by atoms with Gasteiger partial charge in [0.15, 0.2) is 0 Å². The van der Waals surface area contributed by atoms with E-state index >= 15 is 0 Å². The molecule has 0 aliphatic carbocycles. The first-order valence-corrected chi connectivity index (χ1v) is 12.0. The van der Waals surface area contributed by atoms with Crippen molar-refractivity contribution in [3.05, 3.63) is 65.2 Å². The lowest BCUT2D eigenvalue weighted by atomic mass is 9.78. The smallest absolute Gasteiger partial charge is 0.338 e. The molecule has 2 fully saturated rings. The Hall–Kier alpha value is -2.37. The lowest BCUT2D eigenvalue weighted by Crippen LogP contribution is -2.46. The molecular formula is C28H36O5. The maximum absolute atomic E-state index is 12.5. The average Bonchev–Trinajstić information content (AvgIpc) is 2.78. The van der Waals surface area contributed by atoms with Crippen molar-refractivity contribution in [1.29, 1.82) is 0 Å². The zero-order valence-electron chi connectivity index (χ0n) is 20.3. The van der Waals surface area contributed by atoms with Crippen molar-refractivity contribution < 1.29 is 23.7 Å². The topological polar surface area (TPSA) is 54.0 Å². The second kappa shape index (κ2) is 9.47. The minimum Gasteiger partial charge on any atom is -0.493 e. The standard InChI is InChI=1S/C28H36O5/c1-5-27(15-30-16-27)19-32-24-13-11-23(12-14-24)26(3,4)22-9-7-21(8-10-22)25(29)33-20-28(6-2)17-31-18-28/h7-14H,5-6,15-20H2,1-4H3. The summed E-state index contributed by atoms with van der Waals surface area (Å²) >= 11 is 0. The molecule has 0 aromatic heterocycles. The monoisotopic (exact) mass is 452 g/mol. The van der Waals surface area contributed by atoms with E-state index in [9.17, 15) is 4.79 Å². The molecule has 4 rings (SSSR count). The molecule has 0 N–H and O–H groups in total. The van der Waals surface area contributed by atoms with Gasteiger partial charge in [0.05, 0.1) is 49.4 Å². The van der Waals surface area contributed by atoms with Crippen LogP contribution in [0.3, 0.4) is 0 Å². The highest BCUT2D eigenvalue weighted by Crippen LogP contribution is 2.35. The number of benzene rings is 2. The summed E-state index contributed by atoms with van der Waals surface area (Å²) in [4.78, 5) is 12.5. The Morgan fingerprint density at radius 3 is 1.76 bits per heavy atom. The lowest BCUT2D eigenvalue weighted by molar-refractivity contribution is -0.140. The molecule has 0 bridgehead atoms. The number of carbonyl (C=O) groups excluding carboxylic acids is 1. The molecule has 2 heterocycles. The van der Waals surface area contributed by atoms with E-state index in [0.29, 0.717) is 32.0 Å². The largest absolute Gasteiger partial charge is 0.493 e. The molecule has 33 heavy (non-hydrogen) atoms. The van der Waals surface area contributed by atoms with Gasteiger partial charge >= 0.3 is 5.97 Å². The minimum absolute atomic E-state index is 0.00372. The van der Waals surface area contributed by atoms with Gasteiger partial charge in [-0.25, -0.2) is 4.79 Å². The Morgan fingerprint density at radius 1 is 0.818 bits per heavy atom. The van der Waals surface area contributed by atoms with Crippen LogP contribution in [0.4, 0.5) is 0 Å². The van der Waals surface area contributed by atoms with Gasteiger partial charge in [0.2, 0.25) is 0 Å². The summed E-state index contributed by atoms with van der Waals surface area (Å²) in [6.07, 6.45) is 2.01. The Labute approximate surface area is 197 Å². The zero-order chi connectivity index (χ0) is 23.5. The van der Waals surface area contributed by atoms with Crippen molar-refractivity contribution in [2.24, 2.45) is 10.8 Å². The van der Waals surface area contributed by atoms with Crippen LogP contribution in [-0.4, -0.2) is 45.6 Å². The summed E-state index contributed by atoms with van der Waals surface area (Å²) < 4.78 is 22.3. The summed E-state index contributed by atoms with van der Waals surface area (Å²) in [5.74, 6) is 0.608. The van der Waals surface area contributed by atoms with E-state index in [1.165, 1.54) is 5.56 Å². The van der Waals surface area contributed by atoms with Crippen LogP contribution in [0.15, 0.2) is 48.5 Å². The fourth-order valence-electron chi connectivity index (χ4n) is 4.26. The average molecular weight is 453 g/mol. The Kier molecular flexibility index (Phi) is 6.83. The molecule has 0 amide bonds. The van der Waals surface area contributed by atoms with Gasteiger partial charge in [0.1, 0.15) is 12.4 Å². The maximum atomic E-state index is 12.5. The van der Waals surface area contributed by atoms with Crippen LogP contribution in [0.5, 0.6) is 5.75 Å². The van der Waals surface area contributed by atoms with E-state index in [-0.39, 0.29) is 22.2 Å². The molecule has 0 unspecified atom stereocenters. The molecule has 0 radical (unpaired) electrons. The first kappa shape index (κ1) is 23.8. The van der Waals surface area contributed by atoms with Gasteiger partial charge in [-0.1, -0.05) is 52.0 Å². The molecule has 2 aliphatic heterocycles. The molecule has 0 atom stereocenters. The van der Waals surface area contributed by atoms with Gasteiger partial charge in [0, 0.05) is 5.41 Å². The molecule has 0 spiro atoms. The Morgan fingerprint density at radius 2 is 1.30 bits per heavy atom. The van der Waals surface area contributed by atoms with Gasteiger partial charge in [0.25, 0.3) is 0 Å². The van der Waals surface area contributed by atoms with E-state index in [0.717, 1.165) is 37.4 Å². The highest BCUT2D eigenvalue weighted by atomic mass is 16.5. The number of esters is 1. The summed E-state index contributed by atoms with van der Waals surface area (Å²) in [6, 6.07) is 16.1. The van der Waals surface area contributed by atoms with E-state index < -0.39 is 0 Å². The second-order valence-electron chi connectivity index (χ2n) is 10.3. The van der Waals surface area contributed by atoms with Gasteiger partial charge in [-0.2, -0.15) is 0 Å². The minimum atomic E-state index is -0.276. The van der Waals surface area contributed by atoms with E-state index in [1.807, 2.05) is 36.4 Å². The Balaban J connectivity index is 1.37. The van der Waals surface area contributed by atoms with Crippen LogP contribution in [0.25, 0.3) is 0 Å². The first-order valence-electron chi connectivity index (χ1n) is 12.0. The van der Waals surface area contributed by atoms with Crippen LogP contribution in [0.1, 0.15) is 62.0 Å². The van der Waals surface area contributed by atoms with Gasteiger partial charge in [-0.15, -0.1) is 0 Å². The molecule has 178 valence electrons. The van der Waals surface area contributed by atoms with Crippen molar-refractivity contribution in [3.8, 4) is 5.75 Å². The van der Waals surface area contributed by atoms with Crippen LogP contribution < -0.4 is 4.74 Å². The molecule has 2 saturated heterocycles. The van der Waals surface area contributed by atoms with Crippen molar-refractivity contribution in [2.45, 2.75) is 46.0 Å². The highest BCUT2D eigenvalue weighted by molar-refractivity contribution is 5.89. The van der Waals surface area contributed by atoms with Crippen molar-refractivity contribution in [1.82, 2.24) is 0 Å². The fourth-order valence-corrected chi connectivity index (χ4v) is 4.26. The summed E-state index contributed by atoms with van der Waals surface area (Å²) in [7, 11) is 0. The van der Waals surface area contributed by atoms with Crippen molar-refractivity contribution in [2.75, 3.05) is 39.6 Å². The third kappa shape index (κ3) is 4.95. The number of hydrogen-bond acceptors (Lipinski definition) is 5. The second-order valence-corrected chi connectivity index (χ2v) is 10.3. The van der Waals surface area contributed by atoms with Crippen molar-refractivity contribution >= 4 is 5.97 Å². The third-order valence-electron chi connectivity index (χ3n) is 7.61. The quantitative estimate of drug-likeness (QED) is 0.452. The van der Waals surface area contributed by atoms with Gasteiger partial charge in [-0.05, 0) is 48.2 Å². The summed E-state index contributed by atoms with van der Waals surface area (Å²) in [6.45, 7) is 12.7. The molecule has 2 aromatic carbocycles. The predicted molar refractivity (Wildman–Crippen MR) is 128 cm³/mol. The summed E-state index contributed by atoms with van der Waals surface area (Å²) in [5.41, 5.74) is 2.87. The molecule has 2 aliphatic rings. The summed E-state index contributed by atoms with van der Waals surface area (Å²) in [5, 5.41) is 0. The zero-order valence-corrected chi connectivity index (χ0v) is 20.3. The van der Waals surface area contributed by atoms with Crippen LogP contribution in [0, 0.1) is 10.8 Å². The van der Waals surface area contributed by atoms with Gasteiger partial charge in [-0.3, -0.25) is 0 Å². The predicted octanol–water partition coefficient (Wildman–Crippen LogP) is 5.40. The van der Waals surface area contributed by atoms with Crippen LogP contribution in [-0.2, 0) is 19.6 Å². The molecule has 5 heteroatoms. The number of rotatable bonds is 10. The van der Waals surface area contributed by atoms with E-state index in [2.05, 4.69) is 39.8 Å². The number of ether oxygens (including phenoxy) is 4. The van der Waals surface area contributed by atoms with E-state index in [1.54, 1.807) is 0 Å². The number of carbonyl (C=O) groups is 1. The van der Waals surface area contributed by atoms with Crippen LogP contribution >= 0.6 is 0 Å². The van der Waals surface area contributed by atoms with E-state index in [4.69, 9.17) is 18.9 Å². The molecular weight excluding hydrogens is 416 g/mol. The first-order chi connectivity index (χ1) is 15.8. The van der Waals surface area contributed by atoms with Gasteiger partial charge < -0.3 is 18.9 Å². The highest BCUT2D eigenvalue weighted by Gasteiger charge is 2.39. The van der Waals surface area contributed by atoms with Crippen LogP contribution in [0.2, 0.25) is 0 Å². The lowest BCUT2D eigenvalue weighted by Gasteiger charge is -2.40. The third-order valence-corrected chi connectivity index (χ3v) is 7.61. The normalized spacial score (nSPS) is 18.7. The van der Waals surface area contributed by atoms with Crippen molar-refractivity contribution in [3.63, 3.8) is 0 Å². The molecule has 2 aromatic rings. The Bertz CT molecular complexity index is 926. The fraction of sp³-hybridized carbons (Fsp3) is 0.536.